The van der Waals surface area contributed by atoms with Crippen LogP contribution in [0.3, 0.4) is 0 Å². The highest BCUT2D eigenvalue weighted by atomic mass is 19.1. The lowest BCUT2D eigenvalue weighted by Gasteiger charge is -2.38. The standard InChI is InChI=1S/C22H29FN6O10/c23-8-3-4-13-11-27(26-25-13)12-16(30)24-9-2-1-5-14(20(35)36)28-17(31)10-18(32)29(22(28)39)15(21(37)38)6-7-19(33)34/h11,14-15H,1-10,12H2,(H,24,30)(H,33,34)(H,35,36)(H,37,38)/t14-,15-/m0/s1. The van der Waals surface area contributed by atoms with Gasteiger partial charge in [0.05, 0.1) is 12.4 Å². The van der Waals surface area contributed by atoms with E-state index in [9.17, 15) is 48.2 Å². The van der Waals surface area contributed by atoms with Crippen molar-refractivity contribution < 1.29 is 53.3 Å². The molecule has 0 bridgehead atoms. The molecule has 0 saturated carbocycles. The summed E-state index contributed by atoms with van der Waals surface area (Å²) in [4.78, 5) is 84.7. The van der Waals surface area contributed by atoms with Crippen LogP contribution in [0.4, 0.5) is 9.18 Å². The molecule has 0 spiro atoms. The van der Waals surface area contributed by atoms with Gasteiger partial charge in [-0.1, -0.05) is 5.21 Å². The van der Waals surface area contributed by atoms with E-state index >= 15 is 0 Å². The number of unbranched alkanes of at least 4 members (excludes halogenated alkanes) is 1. The molecule has 16 nitrogen and oxygen atoms in total. The summed E-state index contributed by atoms with van der Waals surface area (Å²) >= 11 is 0. The number of aromatic nitrogens is 3. The Morgan fingerprint density at radius 3 is 2.13 bits per heavy atom. The minimum atomic E-state index is -1.90. The second kappa shape index (κ2) is 14.5. The first kappa shape index (κ1) is 30.8. The monoisotopic (exact) mass is 556 g/mol. The van der Waals surface area contributed by atoms with Gasteiger partial charge in [0.15, 0.2) is 0 Å². The first-order valence-corrected chi connectivity index (χ1v) is 12.0. The van der Waals surface area contributed by atoms with E-state index in [1.807, 2.05) is 0 Å². The Balaban J connectivity index is 1.94. The zero-order valence-corrected chi connectivity index (χ0v) is 20.8. The normalized spacial score (nSPS) is 15.3. The van der Waals surface area contributed by atoms with E-state index in [1.54, 1.807) is 0 Å². The van der Waals surface area contributed by atoms with Gasteiger partial charge in [-0.2, -0.15) is 0 Å². The molecule has 39 heavy (non-hydrogen) atoms. The van der Waals surface area contributed by atoms with Crippen molar-refractivity contribution in [1.29, 1.82) is 0 Å². The maximum atomic E-state index is 12.9. The van der Waals surface area contributed by atoms with Crippen molar-refractivity contribution in [2.45, 2.75) is 70.0 Å². The number of barbiturate groups is 1. The third-order valence-corrected chi connectivity index (χ3v) is 5.76. The molecule has 17 heteroatoms. The van der Waals surface area contributed by atoms with Crippen LogP contribution >= 0.6 is 0 Å². The van der Waals surface area contributed by atoms with E-state index in [4.69, 9.17) is 5.11 Å². The van der Waals surface area contributed by atoms with Crippen LogP contribution in [0.15, 0.2) is 6.20 Å². The van der Waals surface area contributed by atoms with Gasteiger partial charge in [-0.05, 0) is 38.5 Å². The molecule has 2 atom stereocenters. The molecule has 1 aliphatic heterocycles. The molecule has 1 aromatic rings. The van der Waals surface area contributed by atoms with Crippen LogP contribution in [-0.2, 0) is 41.7 Å². The Hall–Kier alpha value is -4.44. The van der Waals surface area contributed by atoms with E-state index < -0.39 is 79.7 Å². The number of rotatable bonds is 17. The maximum Gasteiger partial charge on any atom is 0.335 e. The summed E-state index contributed by atoms with van der Waals surface area (Å²) in [7, 11) is 0. The number of carboxylic acid groups (broad SMARTS) is 3. The SMILES string of the molecule is O=C(O)CC[C@@H](C(=O)O)N1C(=O)CC(=O)N([C@@H](CCCCNC(=O)Cn2cc(CCCF)nn2)C(=O)O)C1=O. The molecule has 5 amide bonds. The molecular formula is C22H29FN6O10. The number of alkyl halides is 1. The van der Waals surface area contributed by atoms with Crippen molar-refractivity contribution >= 4 is 41.7 Å². The first-order valence-electron chi connectivity index (χ1n) is 12.0. The van der Waals surface area contributed by atoms with Crippen molar-refractivity contribution in [3.8, 4) is 0 Å². The molecule has 0 aromatic carbocycles. The largest absolute Gasteiger partial charge is 0.481 e. The summed E-state index contributed by atoms with van der Waals surface area (Å²) in [5, 5.41) is 38.1. The number of carboxylic acids is 3. The Morgan fingerprint density at radius 1 is 0.949 bits per heavy atom. The van der Waals surface area contributed by atoms with Gasteiger partial charge in [-0.3, -0.25) is 23.6 Å². The van der Waals surface area contributed by atoms with Gasteiger partial charge in [0.1, 0.15) is 25.0 Å². The number of hydrogen-bond donors (Lipinski definition) is 4. The lowest BCUT2D eigenvalue weighted by Crippen LogP contribution is -2.63. The van der Waals surface area contributed by atoms with Crippen LogP contribution in [-0.4, -0.2) is 107 Å². The lowest BCUT2D eigenvalue weighted by atomic mass is 10.0. The number of carbonyl (C=O) groups excluding carboxylic acids is 4. The van der Waals surface area contributed by atoms with Crippen molar-refractivity contribution in [3.63, 3.8) is 0 Å². The topological polar surface area (TPSA) is 229 Å². The summed E-state index contributed by atoms with van der Waals surface area (Å²) in [5.74, 6) is -7.33. The number of aryl methyl sites for hydroxylation is 1. The van der Waals surface area contributed by atoms with Crippen molar-refractivity contribution in [3.05, 3.63) is 11.9 Å². The van der Waals surface area contributed by atoms with E-state index in [-0.39, 0.29) is 43.7 Å². The van der Waals surface area contributed by atoms with Gasteiger partial charge in [-0.15, -0.1) is 5.10 Å². The number of aliphatic carboxylic acids is 3. The molecule has 1 aliphatic rings. The molecule has 2 rings (SSSR count). The summed E-state index contributed by atoms with van der Waals surface area (Å²) in [5.41, 5.74) is 0.541. The number of nitrogens with zero attached hydrogens (tertiary/aromatic N) is 5. The van der Waals surface area contributed by atoms with Crippen LogP contribution in [0, 0.1) is 0 Å². The van der Waals surface area contributed by atoms with Crippen LogP contribution in [0.25, 0.3) is 0 Å². The third-order valence-electron chi connectivity index (χ3n) is 5.76. The highest BCUT2D eigenvalue weighted by Gasteiger charge is 2.48. The Bertz CT molecular complexity index is 1110. The maximum absolute atomic E-state index is 12.9. The Morgan fingerprint density at radius 2 is 1.56 bits per heavy atom. The van der Waals surface area contributed by atoms with Gasteiger partial charge < -0.3 is 20.6 Å². The number of nitrogens with one attached hydrogen (secondary N) is 1. The predicted molar refractivity (Wildman–Crippen MR) is 125 cm³/mol. The van der Waals surface area contributed by atoms with E-state index in [2.05, 4.69) is 15.6 Å². The first-order chi connectivity index (χ1) is 18.5. The number of halogens is 1. The quantitative estimate of drug-likeness (QED) is 0.139. The molecular weight excluding hydrogens is 527 g/mol. The molecule has 0 aliphatic carbocycles. The minimum absolute atomic E-state index is 0.122. The summed E-state index contributed by atoms with van der Waals surface area (Å²) in [6, 6.07) is -5.07. The smallest absolute Gasteiger partial charge is 0.335 e. The molecule has 1 fully saturated rings. The fourth-order valence-corrected chi connectivity index (χ4v) is 3.90. The average molecular weight is 557 g/mol. The molecule has 0 unspecified atom stereocenters. The second-order valence-electron chi connectivity index (χ2n) is 8.67. The fraction of sp³-hybridized carbons (Fsp3) is 0.591. The van der Waals surface area contributed by atoms with Gasteiger partial charge in [0.25, 0.3) is 0 Å². The Kier molecular flexibility index (Phi) is 11.4. The minimum Gasteiger partial charge on any atom is -0.481 e. The summed E-state index contributed by atoms with van der Waals surface area (Å²) in [6.45, 7) is -0.521. The summed E-state index contributed by atoms with van der Waals surface area (Å²) in [6.07, 6.45) is 0.0432. The van der Waals surface area contributed by atoms with Crippen molar-refractivity contribution in [1.82, 2.24) is 30.1 Å². The van der Waals surface area contributed by atoms with Gasteiger partial charge in [0.2, 0.25) is 17.7 Å². The van der Waals surface area contributed by atoms with E-state index in [1.165, 1.54) is 10.9 Å². The molecule has 4 N–H and O–H groups in total. The average Bonchev–Trinajstić information content (AvgIpc) is 3.29. The number of imide groups is 2. The van der Waals surface area contributed by atoms with Crippen molar-refractivity contribution in [2.24, 2.45) is 0 Å². The number of hydrogen-bond acceptors (Lipinski definition) is 9. The molecule has 0 radical (unpaired) electrons. The van der Waals surface area contributed by atoms with Crippen LogP contribution < -0.4 is 5.32 Å². The number of carbonyl (C=O) groups is 7. The lowest BCUT2D eigenvalue weighted by molar-refractivity contribution is -0.158. The highest BCUT2D eigenvalue weighted by Crippen LogP contribution is 2.23. The zero-order chi connectivity index (χ0) is 29.1. The zero-order valence-electron chi connectivity index (χ0n) is 20.8. The molecule has 1 aromatic heterocycles. The van der Waals surface area contributed by atoms with Crippen LogP contribution in [0.1, 0.15) is 50.6 Å². The Labute approximate surface area is 220 Å². The van der Waals surface area contributed by atoms with Crippen LogP contribution in [0.2, 0.25) is 0 Å². The van der Waals surface area contributed by atoms with Crippen molar-refractivity contribution in [2.75, 3.05) is 13.2 Å². The van der Waals surface area contributed by atoms with Crippen LogP contribution in [0.5, 0.6) is 0 Å². The summed E-state index contributed by atoms with van der Waals surface area (Å²) < 4.78 is 13.5. The predicted octanol–water partition coefficient (Wildman–Crippen LogP) is -0.581. The number of amides is 5. The highest BCUT2D eigenvalue weighted by molar-refractivity contribution is 6.16. The van der Waals surface area contributed by atoms with Gasteiger partial charge in [0, 0.05) is 19.2 Å². The number of urea groups is 1. The molecule has 214 valence electrons. The van der Waals surface area contributed by atoms with Gasteiger partial charge >= 0.3 is 23.9 Å². The third kappa shape index (κ3) is 8.82. The van der Waals surface area contributed by atoms with E-state index in [0.29, 0.717) is 17.0 Å². The molecule has 2 heterocycles. The second-order valence-corrected chi connectivity index (χ2v) is 8.67. The fourth-order valence-electron chi connectivity index (χ4n) is 3.90. The molecule has 1 saturated heterocycles. The van der Waals surface area contributed by atoms with Gasteiger partial charge in [-0.25, -0.2) is 28.9 Å². The van der Waals surface area contributed by atoms with E-state index in [0.717, 1.165) is 0 Å².